The molecule has 0 aliphatic rings. The molecule has 1 N–H and O–H groups in total. The maximum atomic E-state index is 11.0. The number of aromatic nitrogens is 3. The molecular formula is C11H11ClN4O. The first kappa shape index (κ1) is 11.6. The van der Waals surface area contributed by atoms with E-state index < -0.39 is 0 Å². The highest BCUT2D eigenvalue weighted by molar-refractivity contribution is 6.28. The van der Waals surface area contributed by atoms with Gasteiger partial charge in [0.15, 0.2) is 5.82 Å². The minimum absolute atomic E-state index is 0.0917. The van der Waals surface area contributed by atoms with Gasteiger partial charge in [0.25, 0.3) is 0 Å². The summed E-state index contributed by atoms with van der Waals surface area (Å²) in [5, 5.41) is 10.3. The maximum absolute atomic E-state index is 11.0. The minimum atomic E-state index is -0.293. The van der Waals surface area contributed by atoms with Crippen LogP contribution in [0.25, 0.3) is 0 Å². The number of halogens is 1. The molecule has 0 spiro atoms. The van der Waals surface area contributed by atoms with Gasteiger partial charge >= 0.3 is 0 Å². The number of amides is 1. The summed E-state index contributed by atoms with van der Waals surface area (Å²) in [6.45, 7) is 0.616. The molecule has 1 aromatic carbocycles. The van der Waals surface area contributed by atoms with Gasteiger partial charge < -0.3 is 5.32 Å². The molecule has 0 aliphatic carbocycles. The van der Waals surface area contributed by atoms with Crippen LogP contribution >= 0.6 is 11.6 Å². The van der Waals surface area contributed by atoms with Gasteiger partial charge in [0.1, 0.15) is 5.88 Å². The second-order valence-electron chi connectivity index (χ2n) is 3.47. The molecule has 17 heavy (non-hydrogen) atoms. The molecule has 6 heteroatoms. The van der Waals surface area contributed by atoms with Gasteiger partial charge in [-0.05, 0) is 5.56 Å². The van der Waals surface area contributed by atoms with Crippen LogP contribution in [-0.4, -0.2) is 26.8 Å². The van der Waals surface area contributed by atoms with Crippen molar-refractivity contribution in [3.63, 3.8) is 0 Å². The van der Waals surface area contributed by atoms with E-state index in [0.717, 1.165) is 5.56 Å². The van der Waals surface area contributed by atoms with E-state index >= 15 is 0 Å². The van der Waals surface area contributed by atoms with Crippen molar-refractivity contribution in [2.24, 2.45) is 0 Å². The number of carbonyl (C=O) groups is 1. The largest absolute Gasteiger partial charge is 0.307 e. The van der Waals surface area contributed by atoms with Gasteiger partial charge in [0, 0.05) is 0 Å². The van der Waals surface area contributed by atoms with E-state index in [0.29, 0.717) is 12.4 Å². The van der Waals surface area contributed by atoms with Crippen LogP contribution in [0.3, 0.4) is 0 Å². The van der Waals surface area contributed by atoms with E-state index in [9.17, 15) is 4.79 Å². The molecule has 0 saturated carbocycles. The van der Waals surface area contributed by atoms with Gasteiger partial charge in [0.05, 0.1) is 12.7 Å². The van der Waals surface area contributed by atoms with E-state index in [1.165, 1.54) is 0 Å². The summed E-state index contributed by atoms with van der Waals surface area (Å²) in [5.74, 6) is 0.0240. The fourth-order valence-corrected chi connectivity index (χ4v) is 1.45. The van der Waals surface area contributed by atoms with Crippen LogP contribution in [-0.2, 0) is 11.3 Å². The molecule has 0 atom stereocenters. The quantitative estimate of drug-likeness (QED) is 0.837. The fourth-order valence-electron chi connectivity index (χ4n) is 1.38. The van der Waals surface area contributed by atoms with E-state index in [4.69, 9.17) is 11.6 Å². The Labute approximate surface area is 103 Å². The van der Waals surface area contributed by atoms with Crippen LogP contribution in [0.4, 0.5) is 5.82 Å². The third kappa shape index (κ3) is 3.29. The normalized spacial score (nSPS) is 10.2. The lowest BCUT2D eigenvalue weighted by Gasteiger charge is -1.99. The van der Waals surface area contributed by atoms with Gasteiger partial charge in [-0.1, -0.05) is 35.5 Å². The van der Waals surface area contributed by atoms with Crippen molar-refractivity contribution in [3.05, 3.63) is 42.1 Å². The number of benzene rings is 1. The van der Waals surface area contributed by atoms with E-state index in [1.807, 2.05) is 30.3 Å². The third-order valence-electron chi connectivity index (χ3n) is 2.11. The monoisotopic (exact) mass is 250 g/mol. The molecule has 0 saturated heterocycles. The summed E-state index contributed by atoms with van der Waals surface area (Å²) in [6, 6.07) is 9.87. The first-order valence-electron chi connectivity index (χ1n) is 5.08. The van der Waals surface area contributed by atoms with Crippen LogP contribution in [0, 0.1) is 0 Å². The van der Waals surface area contributed by atoms with Gasteiger partial charge in [0.2, 0.25) is 5.91 Å². The van der Waals surface area contributed by atoms with Gasteiger partial charge in [-0.25, -0.2) is 4.68 Å². The van der Waals surface area contributed by atoms with Gasteiger partial charge in [-0.2, -0.15) is 0 Å². The summed E-state index contributed by atoms with van der Waals surface area (Å²) in [6.07, 6.45) is 1.66. The van der Waals surface area contributed by atoms with Crippen molar-refractivity contribution in [1.82, 2.24) is 15.0 Å². The molecule has 88 valence electrons. The average molecular weight is 251 g/mol. The molecule has 0 bridgehead atoms. The van der Waals surface area contributed by atoms with Crippen LogP contribution < -0.4 is 5.32 Å². The molecule has 2 rings (SSSR count). The molecule has 0 radical (unpaired) electrons. The van der Waals surface area contributed by atoms with Crippen molar-refractivity contribution < 1.29 is 4.79 Å². The molecule has 1 aromatic heterocycles. The lowest BCUT2D eigenvalue weighted by molar-refractivity contribution is -0.113. The summed E-state index contributed by atoms with van der Waals surface area (Å²) in [5.41, 5.74) is 1.12. The van der Waals surface area contributed by atoms with Crippen molar-refractivity contribution in [2.75, 3.05) is 11.2 Å². The van der Waals surface area contributed by atoms with E-state index in [2.05, 4.69) is 15.6 Å². The van der Waals surface area contributed by atoms with Crippen LogP contribution in [0.5, 0.6) is 0 Å². The molecule has 0 unspecified atom stereocenters. The number of alkyl halides is 1. The average Bonchev–Trinajstić information content (AvgIpc) is 2.77. The molecule has 1 heterocycles. The predicted molar refractivity (Wildman–Crippen MR) is 64.9 cm³/mol. The summed E-state index contributed by atoms with van der Waals surface area (Å²) < 4.78 is 1.65. The zero-order chi connectivity index (χ0) is 12.1. The Bertz CT molecular complexity index is 497. The second-order valence-corrected chi connectivity index (χ2v) is 3.74. The summed E-state index contributed by atoms with van der Waals surface area (Å²) >= 11 is 5.37. The van der Waals surface area contributed by atoms with E-state index in [1.54, 1.807) is 10.9 Å². The number of anilines is 1. The van der Waals surface area contributed by atoms with Crippen LogP contribution in [0.1, 0.15) is 5.56 Å². The molecule has 5 nitrogen and oxygen atoms in total. The first-order valence-corrected chi connectivity index (χ1v) is 5.61. The molecule has 2 aromatic rings. The minimum Gasteiger partial charge on any atom is -0.307 e. The maximum Gasteiger partial charge on any atom is 0.240 e. The van der Waals surface area contributed by atoms with Gasteiger partial charge in [-0.3, -0.25) is 4.79 Å². The summed E-state index contributed by atoms with van der Waals surface area (Å²) in [4.78, 5) is 11.0. The Morgan fingerprint density at radius 3 is 2.82 bits per heavy atom. The van der Waals surface area contributed by atoms with Crippen molar-refractivity contribution in [2.45, 2.75) is 6.54 Å². The Hall–Kier alpha value is -1.88. The molecule has 1 amide bonds. The van der Waals surface area contributed by atoms with Crippen molar-refractivity contribution >= 4 is 23.3 Å². The number of carbonyl (C=O) groups excluding carboxylic acids is 1. The Balaban J connectivity index is 2.01. The number of nitrogens with one attached hydrogen (secondary N) is 1. The topological polar surface area (TPSA) is 59.8 Å². The summed E-state index contributed by atoms with van der Waals surface area (Å²) in [7, 11) is 0. The second kappa shape index (κ2) is 5.45. The Morgan fingerprint density at radius 2 is 2.12 bits per heavy atom. The lowest BCUT2D eigenvalue weighted by atomic mass is 10.2. The standard InChI is InChI=1S/C11H11ClN4O/c12-6-11(17)13-10-8-16(15-14-10)7-9-4-2-1-3-5-9/h1-5,8H,6-7H2,(H,13,17). The number of hydrogen-bond acceptors (Lipinski definition) is 3. The zero-order valence-corrected chi connectivity index (χ0v) is 9.76. The van der Waals surface area contributed by atoms with E-state index in [-0.39, 0.29) is 11.8 Å². The lowest BCUT2D eigenvalue weighted by Crippen LogP contribution is -2.12. The predicted octanol–water partition coefficient (Wildman–Crippen LogP) is 1.50. The molecule has 0 fully saturated rings. The highest BCUT2D eigenvalue weighted by Crippen LogP contribution is 2.04. The van der Waals surface area contributed by atoms with Crippen LogP contribution in [0.15, 0.2) is 36.5 Å². The van der Waals surface area contributed by atoms with Crippen molar-refractivity contribution in [3.8, 4) is 0 Å². The van der Waals surface area contributed by atoms with Crippen molar-refractivity contribution in [1.29, 1.82) is 0 Å². The Kier molecular flexibility index (Phi) is 3.72. The SMILES string of the molecule is O=C(CCl)Nc1cn(Cc2ccccc2)nn1. The Morgan fingerprint density at radius 1 is 1.35 bits per heavy atom. The third-order valence-corrected chi connectivity index (χ3v) is 2.36. The molecular weight excluding hydrogens is 240 g/mol. The zero-order valence-electron chi connectivity index (χ0n) is 9.01. The molecule has 0 aliphatic heterocycles. The number of nitrogens with zero attached hydrogens (tertiary/aromatic N) is 3. The number of hydrogen-bond donors (Lipinski definition) is 1. The van der Waals surface area contributed by atoms with Crippen LogP contribution in [0.2, 0.25) is 0 Å². The first-order chi connectivity index (χ1) is 8.28. The highest BCUT2D eigenvalue weighted by atomic mass is 35.5. The highest BCUT2D eigenvalue weighted by Gasteiger charge is 2.04. The van der Waals surface area contributed by atoms with Gasteiger partial charge in [-0.15, -0.1) is 16.7 Å². The fraction of sp³-hybridized carbons (Fsp3) is 0.182. The number of rotatable bonds is 4. The smallest absolute Gasteiger partial charge is 0.240 e.